The van der Waals surface area contributed by atoms with Crippen LogP contribution < -0.4 is 5.32 Å². The summed E-state index contributed by atoms with van der Waals surface area (Å²) in [6, 6.07) is 9.89. The minimum absolute atomic E-state index is 0. The molecule has 1 aromatic carbocycles. The summed E-state index contributed by atoms with van der Waals surface area (Å²) < 4.78 is 0. The van der Waals surface area contributed by atoms with Crippen molar-refractivity contribution in [2.24, 2.45) is 0 Å². The smallest absolute Gasteiger partial charge is 0.276 e. The van der Waals surface area contributed by atoms with Gasteiger partial charge in [0.2, 0.25) is 0 Å². The number of para-hydroxylation sites is 1. The zero-order valence-electron chi connectivity index (χ0n) is 11.8. The Labute approximate surface area is 129 Å². The van der Waals surface area contributed by atoms with E-state index in [2.05, 4.69) is 22.4 Å². The van der Waals surface area contributed by atoms with Gasteiger partial charge >= 0.3 is 0 Å². The Kier molecular flexibility index (Phi) is 4.93. The van der Waals surface area contributed by atoms with Crippen molar-refractivity contribution in [1.82, 2.24) is 25.2 Å². The van der Waals surface area contributed by atoms with Crippen LogP contribution >= 0.6 is 12.4 Å². The van der Waals surface area contributed by atoms with Crippen LogP contribution in [-0.4, -0.2) is 51.5 Å². The average Bonchev–Trinajstić information content (AvgIpc) is 2.97. The van der Waals surface area contributed by atoms with Gasteiger partial charge in [0.15, 0.2) is 5.69 Å². The summed E-state index contributed by atoms with van der Waals surface area (Å²) in [5, 5.41) is 11.8. The first-order chi connectivity index (χ1) is 9.74. The van der Waals surface area contributed by atoms with Gasteiger partial charge in [-0.05, 0) is 19.1 Å². The molecule has 2 heterocycles. The molecule has 7 heteroatoms. The Hall–Kier alpha value is -1.92. The number of hydrogen-bond acceptors (Lipinski definition) is 4. The predicted molar refractivity (Wildman–Crippen MR) is 82.0 cm³/mol. The average molecular weight is 308 g/mol. The number of carbonyl (C=O) groups excluding carboxylic acids is 1. The highest BCUT2D eigenvalue weighted by Crippen LogP contribution is 2.08. The number of carbonyl (C=O) groups is 1. The summed E-state index contributed by atoms with van der Waals surface area (Å²) >= 11 is 0. The molecule has 3 rings (SSSR count). The topological polar surface area (TPSA) is 63.1 Å². The van der Waals surface area contributed by atoms with E-state index in [4.69, 9.17) is 0 Å². The van der Waals surface area contributed by atoms with Gasteiger partial charge in [0.25, 0.3) is 5.91 Å². The van der Waals surface area contributed by atoms with Gasteiger partial charge in [-0.3, -0.25) is 4.79 Å². The van der Waals surface area contributed by atoms with Crippen LogP contribution in [-0.2, 0) is 0 Å². The molecule has 0 radical (unpaired) electrons. The van der Waals surface area contributed by atoms with Gasteiger partial charge in [0, 0.05) is 25.7 Å². The van der Waals surface area contributed by atoms with E-state index in [1.54, 1.807) is 0 Å². The Balaban J connectivity index is 0.00000161. The fraction of sp³-hybridized carbons (Fsp3) is 0.357. The Bertz CT molecular complexity index is 600. The fourth-order valence-corrected chi connectivity index (χ4v) is 2.33. The molecule has 6 nitrogen and oxygen atoms in total. The van der Waals surface area contributed by atoms with Crippen LogP contribution in [0.3, 0.4) is 0 Å². The second kappa shape index (κ2) is 6.69. The van der Waals surface area contributed by atoms with E-state index in [0.717, 1.165) is 12.2 Å². The van der Waals surface area contributed by atoms with E-state index in [-0.39, 0.29) is 18.3 Å². The Morgan fingerprint density at radius 1 is 1.33 bits per heavy atom. The molecule has 1 atom stereocenters. The number of halogens is 1. The number of aromatic nitrogens is 3. The quantitative estimate of drug-likeness (QED) is 0.903. The molecule has 1 aliphatic rings. The predicted octanol–water partition coefficient (Wildman–Crippen LogP) is 1.12. The molecule has 1 fully saturated rings. The minimum Gasteiger partial charge on any atom is -0.334 e. The highest BCUT2D eigenvalue weighted by molar-refractivity contribution is 5.92. The molecule has 1 unspecified atom stereocenters. The van der Waals surface area contributed by atoms with Crippen LogP contribution in [0.2, 0.25) is 0 Å². The summed E-state index contributed by atoms with van der Waals surface area (Å²) in [5.74, 6) is -0.0551. The van der Waals surface area contributed by atoms with Crippen molar-refractivity contribution in [3.63, 3.8) is 0 Å². The summed E-state index contributed by atoms with van der Waals surface area (Å²) in [4.78, 5) is 15.7. The first-order valence-corrected chi connectivity index (χ1v) is 6.74. The third-order valence-corrected chi connectivity index (χ3v) is 3.35. The zero-order chi connectivity index (χ0) is 13.9. The molecule has 1 aromatic heterocycles. The van der Waals surface area contributed by atoms with Crippen molar-refractivity contribution >= 4 is 18.3 Å². The number of nitrogens with one attached hydrogen (secondary N) is 1. The number of amides is 1. The molecule has 1 amide bonds. The number of hydrogen-bond donors (Lipinski definition) is 1. The molecule has 1 saturated heterocycles. The van der Waals surface area contributed by atoms with Gasteiger partial charge in [0.1, 0.15) is 0 Å². The summed E-state index contributed by atoms with van der Waals surface area (Å²) in [6.07, 6.45) is 1.53. The van der Waals surface area contributed by atoms with Gasteiger partial charge in [-0.15, -0.1) is 17.5 Å². The van der Waals surface area contributed by atoms with Crippen molar-refractivity contribution < 1.29 is 4.79 Å². The Morgan fingerprint density at radius 3 is 2.81 bits per heavy atom. The van der Waals surface area contributed by atoms with Crippen LogP contribution in [0, 0.1) is 0 Å². The highest BCUT2D eigenvalue weighted by atomic mass is 35.5. The molecule has 21 heavy (non-hydrogen) atoms. The van der Waals surface area contributed by atoms with Crippen molar-refractivity contribution in [1.29, 1.82) is 0 Å². The normalized spacial score (nSPS) is 18.1. The van der Waals surface area contributed by atoms with E-state index in [9.17, 15) is 4.79 Å². The highest BCUT2D eigenvalue weighted by Gasteiger charge is 2.23. The second-order valence-electron chi connectivity index (χ2n) is 4.96. The molecule has 1 aliphatic heterocycles. The number of piperazine rings is 1. The van der Waals surface area contributed by atoms with E-state index in [0.29, 0.717) is 24.8 Å². The maximum Gasteiger partial charge on any atom is 0.276 e. The number of rotatable bonds is 2. The molecule has 112 valence electrons. The molecular weight excluding hydrogens is 290 g/mol. The molecule has 0 spiro atoms. The van der Waals surface area contributed by atoms with Crippen LogP contribution in [0.15, 0.2) is 36.5 Å². The maximum absolute atomic E-state index is 12.4. The van der Waals surface area contributed by atoms with Gasteiger partial charge in [-0.1, -0.05) is 18.2 Å². The summed E-state index contributed by atoms with van der Waals surface area (Å²) in [6.45, 7) is 4.30. The van der Waals surface area contributed by atoms with Crippen LogP contribution in [0.25, 0.3) is 5.69 Å². The largest absolute Gasteiger partial charge is 0.334 e. The van der Waals surface area contributed by atoms with Gasteiger partial charge in [0.05, 0.1) is 11.9 Å². The van der Waals surface area contributed by atoms with Gasteiger partial charge in [-0.25, -0.2) is 0 Å². The van der Waals surface area contributed by atoms with E-state index >= 15 is 0 Å². The summed E-state index contributed by atoms with van der Waals surface area (Å²) in [7, 11) is 0. The third-order valence-electron chi connectivity index (χ3n) is 3.35. The molecule has 1 N–H and O–H groups in total. The number of nitrogens with zero attached hydrogens (tertiary/aromatic N) is 4. The van der Waals surface area contributed by atoms with Crippen LogP contribution in [0.1, 0.15) is 17.4 Å². The van der Waals surface area contributed by atoms with Crippen molar-refractivity contribution in [2.75, 3.05) is 19.6 Å². The lowest BCUT2D eigenvalue weighted by atomic mass is 10.2. The maximum atomic E-state index is 12.4. The van der Waals surface area contributed by atoms with Crippen LogP contribution in [0.5, 0.6) is 0 Å². The first-order valence-electron chi connectivity index (χ1n) is 6.74. The Morgan fingerprint density at radius 2 is 2.10 bits per heavy atom. The number of benzene rings is 1. The SMILES string of the molecule is CC1CN(C(=O)c2cnn(-c3ccccc3)n2)CCN1.Cl. The lowest BCUT2D eigenvalue weighted by Crippen LogP contribution is -2.51. The molecule has 2 aromatic rings. The lowest BCUT2D eigenvalue weighted by Gasteiger charge is -2.31. The zero-order valence-corrected chi connectivity index (χ0v) is 12.6. The molecule has 0 saturated carbocycles. The monoisotopic (exact) mass is 307 g/mol. The van der Waals surface area contributed by atoms with Crippen LogP contribution in [0.4, 0.5) is 0 Å². The molecule has 0 aliphatic carbocycles. The van der Waals surface area contributed by atoms with Gasteiger partial charge in [-0.2, -0.15) is 9.90 Å². The first kappa shape index (κ1) is 15.5. The van der Waals surface area contributed by atoms with Crippen molar-refractivity contribution in [3.8, 4) is 5.69 Å². The fourth-order valence-electron chi connectivity index (χ4n) is 2.33. The third kappa shape index (κ3) is 3.40. The minimum atomic E-state index is -0.0551. The summed E-state index contributed by atoms with van der Waals surface area (Å²) in [5.41, 5.74) is 1.24. The second-order valence-corrected chi connectivity index (χ2v) is 4.96. The molecule has 0 bridgehead atoms. The van der Waals surface area contributed by atoms with E-state index < -0.39 is 0 Å². The standard InChI is InChI=1S/C14H17N5O.ClH/c1-11-10-18(8-7-15-11)14(20)13-9-16-19(17-13)12-5-3-2-4-6-12;/h2-6,9,11,15H,7-8,10H2,1H3;1H. The molecular formula is C14H18ClN5O. The van der Waals surface area contributed by atoms with Crippen molar-refractivity contribution in [3.05, 3.63) is 42.2 Å². The van der Waals surface area contributed by atoms with E-state index in [1.165, 1.54) is 11.0 Å². The van der Waals surface area contributed by atoms with E-state index in [1.807, 2.05) is 35.2 Å². The van der Waals surface area contributed by atoms with Crippen molar-refractivity contribution in [2.45, 2.75) is 13.0 Å². The lowest BCUT2D eigenvalue weighted by molar-refractivity contribution is 0.0702. The van der Waals surface area contributed by atoms with Gasteiger partial charge < -0.3 is 10.2 Å².